The first-order valence-electron chi connectivity index (χ1n) is 9.82. The standard InChI is InChI=1S/C24H27NO5/c1-5-16(2)20-8-6-7-9-21(20)25-23(27)17(3)30-22(26)15-12-18-10-13-19(14-11-18)24(28)29-4/h6-17H,5H2,1-4H3,(H,25,27)/b15-12+/t16-,17-/m0/s1. The monoisotopic (exact) mass is 409 g/mol. The van der Waals surface area contributed by atoms with Crippen molar-refractivity contribution in [3.8, 4) is 0 Å². The number of methoxy groups -OCH3 is 1. The van der Waals surface area contributed by atoms with E-state index in [4.69, 9.17) is 4.74 Å². The summed E-state index contributed by atoms with van der Waals surface area (Å²) in [6, 6.07) is 14.2. The van der Waals surface area contributed by atoms with Crippen molar-refractivity contribution in [2.45, 2.75) is 39.2 Å². The van der Waals surface area contributed by atoms with E-state index >= 15 is 0 Å². The molecular weight excluding hydrogens is 382 g/mol. The second kappa shape index (κ2) is 11.0. The molecule has 0 fully saturated rings. The van der Waals surface area contributed by atoms with Crippen LogP contribution in [0.1, 0.15) is 54.6 Å². The number of ether oxygens (including phenoxy) is 2. The van der Waals surface area contributed by atoms with Gasteiger partial charge in [-0.15, -0.1) is 0 Å². The number of carbonyl (C=O) groups excluding carboxylic acids is 3. The summed E-state index contributed by atoms with van der Waals surface area (Å²) in [5, 5.41) is 2.84. The zero-order chi connectivity index (χ0) is 22.1. The van der Waals surface area contributed by atoms with Crippen molar-refractivity contribution < 1.29 is 23.9 Å². The molecule has 6 heteroatoms. The highest BCUT2D eigenvalue weighted by Crippen LogP contribution is 2.26. The second-order valence-corrected chi connectivity index (χ2v) is 6.91. The molecule has 0 aliphatic heterocycles. The minimum Gasteiger partial charge on any atom is -0.465 e. The van der Waals surface area contributed by atoms with Crippen molar-refractivity contribution in [3.05, 3.63) is 71.3 Å². The van der Waals surface area contributed by atoms with Gasteiger partial charge < -0.3 is 14.8 Å². The number of carbonyl (C=O) groups is 3. The molecule has 0 saturated carbocycles. The van der Waals surface area contributed by atoms with E-state index in [1.165, 1.54) is 20.1 Å². The lowest BCUT2D eigenvalue weighted by Crippen LogP contribution is -2.29. The summed E-state index contributed by atoms with van der Waals surface area (Å²) in [4.78, 5) is 36.0. The Kier molecular flexibility index (Phi) is 8.35. The molecule has 30 heavy (non-hydrogen) atoms. The Hall–Kier alpha value is -3.41. The molecule has 0 aliphatic rings. The van der Waals surface area contributed by atoms with Crippen molar-refractivity contribution in [1.29, 1.82) is 0 Å². The molecule has 2 aromatic rings. The predicted octanol–water partition coefficient (Wildman–Crippen LogP) is 4.57. The molecule has 2 atom stereocenters. The Morgan fingerprint density at radius 1 is 1.03 bits per heavy atom. The topological polar surface area (TPSA) is 81.7 Å². The maximum atomic E-state index is 12.5. The van der Waals surface area contributed by atoms with Gasteiger partial charge in [-0.3, -0.25) is 4.79 Å². The molecule has 2 rings (SSSR count). The van der Waals surface area contributed by atoms with Gasteiger partial charge in [0.2, 0.25) is 0 Å². The quantitative estimate of drug-likeness (QED) is 0.510. The summed E-state index contributed by atoms with van der Waals surface area (Å²) in [6.07, 6.45) is 2.79. The number of rotatable bonds is 8. The summed E-state index contributed by atoms with van der Waals surface area (Å²) >= 11 is 0. The molecular formula is C24H27NO5. The van der Waals surface area contributed by atoms with Crippen LogP contribution in [-0.4, -0.2) is 31.1 Å². The van der Waals surface area contributed by atoms with Crippen LogP contribution in [0.25, 0.3) is 6.08 Å². The van der Waals surface area contributed by atoms with E-state index in [-0.39, 0.29) is 0 Å². The Labute approximate surface area is 176 Å². The average Bonchev–Trinajstić information content (AvgIpc) is 2.77. The molecule has 0 unspecified atom stereocenters. The van der Waals surface area contributed by atoms with Crippen LogP contribution in [0, 0.1) is 0 Å². The summed E-state index contributed by atoms with van der Waals surface area (Å²) in [5.41, 5.74) is 2.89. The molecule has 158 valence electrons. The fourth-order valence-electron chi connectivity index (χ4n) is 2.77. The number of benzene rings is 2. The Balaban J connectivity index is 1.95. The highest BCUT2D eigenvalue weighted by molar-refractivity contribution is 5.97. The third-order valence-corrected chi connectivity index (χ3v) is 4.77. The van der Waals surface area contributed by atoms with Crippen molar-refractivity contribution >= 4 is 29.6 Å². The van der Waals surface area contributed by atoms with Gasteiger partial charge in [0.25, 0.3) is 5.91 Å². The van der Waals surface area contributed by atoms with Gasteiger partial charge in [-0.05, 0) is 54.7 Å². The lowest BCUT2D eigenvalue weighted by atomic mass is 9.97. The lowest BCUT2D eigenvalue weighted by molar-refractivity contribution is -0.148. The largest absolute Gasteiger partial charge is 0.465 e. The predicted molar refractivity (Wildman–Crippen MR) is 116 cm³/mol. The lowest BCUT2D eigenvalue weighted by Gasteiger charge is -2.17. The van der Waals surface area contributed by atoms with Crippen LogP contribution in [0.5, 0.6) is 0 Å². The maximum Gasteiger partial charge on any atom is 0.337 e. The molecule has 0 heterocycles. The van der Waals surface area contributed by atoms with Gasteiger partial charge in [0.05, 0.1) is 12.7 Å². The second-order valence-electron chi connectivity index (χ2n) is 6.91. The molecule has 0 bridgehead atoms. The van der Waals surface area contributed by atoms with Gasteiger partial charge in [-0.25, -0.2) is 9.59 Å². The van der Waals surface area contributed by atoms with E-state index < -0.39 is 23.9 Å². The summed E-state index contributed by atoms with van der Waals surface area (Å²) in [7, 11) is 1.31. The number of esters is 2. The van der Waals surface area contributed by atoms with E-state index in [2.05, 4.69) is 23.9 Å². The average molecular weight is 409 g/mol. The normalized spacial score (nSPS) is 12.8. The minimum atomic E-state index is -0.950. The van der Waals surface area contributed by atoms with Crippen molar-refractivity contribution in [2.24, 2.45) is 0 Å². The third-order valence-electron chi connectivity index (χ3n) is 4.77. The van der Waals surface area contributed by atoms with Crippen molar-refractivity contribution in [2.75, 3.05) is 12.4 Å². The van der Waals surface area contributed by atoms with E-state index in [1.54, 1.807) is 30.3 Å². The van der Waals surface area contributed by atoms with Gasteiger partial charge in [0.15, 0.2) is 6.10 Å². The summed E-state index contributed by atoms with van der Waals surface area (Å²) in [6.45, 7) is 5.71. The van der Waals surface area contributed by atoms with Crippen LogP contribution in [0.4, 0.5) is 5.69 Å². The van der Waals surface area contributed by atoms with Gasteiger partial charge in [0.1, 0.15) is 0 Å². The molecule has 1 N–H and O–H groups in total. The maximum absolute atomic E-state index is 12.5. The zero-order valence-electron chi connectivity index (χ0n) is 17.7. The molecule has 6 nitrogen and oxygen atoms in total. The Bertz CT molecular complexity index is 917. The van der Waals surface area contributed by atoms with E-state index in [1.807, 2.05) is 24.3 Å². The van der Waals surface area contributed by atoms with E-state index in [0.717, 1.165) is 17.7 Å². The zero-order valence-corrected chi connectivity index (χ0v) is 17.7. The first-order valence-corrected chi connectivity index (χ1v) is 9.82. The smallest absolute Gasteiger partial charge is 0.337 e. The number of anilines is 1. The third kappa shape index (κ3) is 6.30. The van der Waals surface area contributed by atoms with Gasteiger partial charge in [-0.1, -0.05) is 44.2 Å². The van der Waals surface area contributed by atoms with E-state index in [9.17, 15) is 14.4 Å². The first-order chi connectivity index (χ1) is 14.3. The first kappa shape index (κ1) is 22.9. The fraction of sp³-hybridized carbons (Fsp3) is 0.292. The van der Waals surface area contributed by atoms with Crippen LogP contribution in [0.2, 0.25) is 0 Å². The highest BCUT2D eigenvalue weighted by atomic mass is 16.5. The summed E-state index contributed by atoms with van der Waals surface area (Å²) < 4.78 is 9.84. The number of hydrogen-bond acceptors (Lipinski definition) is 5. The fourth-order valence-corrected chi connectivity index (χ4v) is 2.77. The van der Waals surface area contributed by atoms with Crippen molar-refractivity contribution in [3.63, 3.8) is 0 Å². The minimum absolute atomic E-state index is 0.299. The molecule has 0 saturated heterocycles. The van der Waals surface area contributed by atoms with Crippen molar-refractivity contribution in [1.82, 2.24) is 0 Å². The number of amides is 1. The molecule has 2 aromatic carbocycles. The molecule has 0 aliphatic carbocycles. The highest BCUT2D eigenvalue weighted by Gasteiger charge is 2.18. The molecule has 0 radical (unpaired) electrons. The number of hydrogen-bond donors (Lipinski definition) is 1. The Morgan fingerprint density at radius 3 is 2.33 bits per heavy atom. The summed E-state index contributed by atoms with van der Waals surface area (Å²) in [5.74, 6) is -1.16. The van der Waals surface area contributed by atoms with Gasteiger partial charge in [-0.2, -0.15) is 0 Å². The van der Waals surface area contributed by atoms with Crippen LogP contribution >= 0.6 is 0 Å². The van der Waals surface area contributed by atoms with Gasteiger partial charge >= 0.3 is 11.9 Å². The van der Waals surface area contributed by atoms with Crippen LogP contribution in [0.3, 0.4) is 0 Å². The van der Waals surface area contributed by atoms with E-state index in [0.29, 0.717) is 17.0 Å². The van der Waals surface area contributed by atoms with Gasteiger partial charge in [0, 0.05) is 11.8 Å². The van der Waals surface area contributed by atoms with Crippen LogP contribution in [0.15, 0.2) is 54.6 Å². The SMILES string of the molecule is CC[C@H](C)c1ccccc1NC(=O)[C@H](C)OC(=O)/C=C/c1ccc(C(=O)OC)cc1. The van der Waals surface area contributed by atoms with Crippen LogP contribution < -0.4 is 5.32 Å². The molecule has 0 aromatic heterocycles. The number of nitrogens with one attached hydrogen (secondary N) is 1. The molecule has 0 spiro atoms. The van der Waals surface area contributed by atoms with Crippen LogP contribution in [-0.2, 0) is 19.1 Å². The number of para-hydroxylation sites is 1. The Morgan fingerprint density at radius 2 is 1.70 bits per heavy atom. The molecule has 1 amide bonds.